The minimum absolute atomic E-state index is 0.238. The van der Waals surface area contributed by atoms with Gasteiger partial charge in [0.15, 0.2) is 0 Å². The number of hydrazine groups is 1. The van der Waals surface area contributed by atoms with Gasteiger partial charge in [-0.15, -0.1) is 0 Å². The van der Waals surface area contributed by atoms with Crippen LogP contribution in [0.4, 0.5) is 5.82 Å². The molecular weight excluding hydrogens is 252 g/mol. The summed E-state index contributed by atoms with van der Waals surface area (Å²) >= 11 is 0. The van der Waals surface area contributed by atoms with Crippen molar-refractivity contribution >= 4 is 15.8 Å². The van der Waals surface area contributed by atoms with Gasteiger partial charge < -0.3 is 5.43 Å². The lowest BCUT2D eigenvalue weighted by atomic mass is 10.1. The second-order valence-electron chi connectivity index (χ2n) is 4.45. The zero-order chi connectivity index (χ0) is 13.2. The number of aromatic nitrogens is 1. The summed E-state index contributed by atoms with van der Waals surface area (Å²) in [6.45, 7) is 3.28. The van der Waals surface area contributed by atoms with E-state index >= 15 is 0 Å². The van der Waals surface area contributed by atoms with Gasteiger partial charge in [-0.3, -0.25) is 0 Å². The highest BCUT2D eigenvalue weighted by atomic mass is 32.2. The number of sulfonamides is 1. The lowest BCUT2D eigenvalue weighted by Crippen LogP contribution is -2.29. The molecule has 0 aromatic carbocycles. The Morgan fingerprint density at radius 2 is 2.39 bits per heavy atom. The largest absolute Gasteiger partial charge is 0.308 e. The summed E-state index contributed by atoms with van der Waals surface area (Å²) in [7, 11) is -3.42. The van der Waals surface area contributed by atoms with Crippen LogP contribution in [0.25, 0.3) is 0 Å². The molecule has 1 aliphatic heterocycles. The van der Waals surface area contributed by atoms with Crippen molar-refractivity contribution in [2.75, 3.05) is 18.5 Å². The van der Waals surface area contributed by atoms with E-state index in [0.717, 1.165) is 12.8 Å². The van der Waals surface area contributed by atoms with E-state index in [1.54, 1.807) is 0 Å². The first-order chi connectivity index (χ1) is 8.57. The van der Waals surface area contributed by atoms with E-state index in [4.69, 9.17) is 5.84 Å². The molecule has 1 atom stereocenters. The molecule has 0 aliphatic carbocycles. The van der Waals surface area contributed by atoms with Gasteiger partial charge in [0, 0.05) is 25.4 Å². The number of pyridine rings is 1. The first-order valence-electron chi connectivity index (χ1n) is 6.00. The summed E-state index contributed by atoms with van der Waals surface area (Å²) in [5.74, 6) is 6.05. The smallest absolute Gasteiger partial charge is 0.243 e. The van der Waals surface area contributed by atoms with E-state index in [1.807, 2.05) is 0 Å². The van der Waals surface area contributed by atoms with E-state index in [-0.39, 0.29) is 4.90 Å². The van der Waals surface area contributed by atoms with E-state index < -0.39 is 10.0 Å². The Morgan fingerprint density at radius 3 is 3.00 bits per heavy atom. The van der Waals surface area contributed by atoms with Crippen LogP contribution in [0.2, 0.25) is 0 Å². The molecule has 1 saturated heterocycles. The van der Waals surface area contributed by atoms with Gasteiger partial charge in [0.25, 0.3) is 0 Å². The predicted molar refractivity (Wildman–Crippen MR) is 69.2 cm³/mol. The lowest BCUT2D eigenvalue weighted by molar-refractivity contribution is 0.453. The molecule has 2 rings (SSSR count). The van der Waals surface area contributed by atoms with Crippen LogP contribution in [-0.2, 0) is 10.0 Å². The third-order valence-electron chi connectivity index (χ3n) is 3.34. The van der Waals surface area contributed by atoms with Crippen molar-refractivity contribution in [2.45, 2.75) is 24.7 Å². The highest BCUT2D eigenvalue weighted by Gasteiger charge is 2.31. The van der Waals surface area contributed by atoms with Gasteiger partial charge in [0.1, 0.15) is 5.82 Å². The summed E-state index contributed by atoms with van der Waals surface area (Å²) in [5.41, 5.74) is 2.36. The van der Waals surface area contributed by atoms with Gasteiger partial charge in [-0.2, -0.15) is 4.31 Å². The van der Waals surface area contributed by atoms with Gasteiger partial charge in [-0.1, -0.05) is 13.3 Å². The third-order valence-corrected chi connectivity index (χ3v) is 5.20. The molecule has 1 fully saturated rings. The van der Waals surface area contributed by atoms with Crippen molar-refractivity contribution in [3.05, 3.63) is 18.3 Å². The normalized spacial score (nSPS) is 21.1. The monoisotopic (exact) mass is 270 g/mol. The Bertz CT molecular complexity index is 518. The minimum atomic E-state index is -3.42. The second kappa shape index (κ2) is 5.21. The molecule has 1 aromatic rings. The lowest BCUT2D eigenvalue weighted by Gasteiger charge is -2.16. The Balaban J connectivity index is 2.25. The first-order valence-corrected chi connectivity index (χ1v) is 7.44. The molecule has 2 heterocycles. The fraction of sp³-hybridized carbons (Fsp3) is 0.545. The topological polar surface area (TPSA) is 88.3 Å². The zero-order valence-corrected chi connectivity index (χ0v) is 11.2. The summed E-state index contributed by atoms with van der Waals surface area (Å²) in [6.07, 6.45) is 3.39. The number of nitrogens with one attached hydrogen (secondary N) is 1. The molecule has 1 unspecified atom stereocenters. The molecule has 100 valence electrons. The molecule has 7 heteroatoms. The van der Waals surface area contributed by atoms with Crippen molar-refractivity contribution in [3.8, 4) is 0 Å². The summed E-state index contributed by atoms with van der Waals surface area (Å²) < 4.78 is 26.3. The van der Waals surface area contributed by atoms with Gasteiger partial charge in [0.2, 0.25) is 10.0 Å². The molecule has 0 bridgehead atoms. The van der Waals surface area contributed by atoms with Crippen molar-refractivity contribution in [1.29, 1.82) is 0 Å². The van der Waals surface area contributed by atoms with Crippen LogP contribution in [0.3, 0.4) is 0 Å². The van der Waals surface area contributed by atoms with Gasteiger partial charge in [0.05, 0.1) is 4.90 Å². The number of nitrogens with zero attached hydrogens (tertiary/aromatic N) is 2. The Morgan fingerprint density at radius 1 is 1.61 bits per heavy atom. The quantitative estimate of drug-likeness (QED) is 0.623. The van der Waals surface area contributed by atoms with Crippen molar-refractivity contribution in [2.24, 2.45) is 11.8 Å². The molecule has 0 amide bonds. The van der Waals surface area contributed by atoms with Crippen LogP contribution >= 0.6 is 0 Å². The summed E-state index contributed by atoms with van der Waals surface area (Å²) in [4.78, 5) is 4.15. The predicted octanol–water partition coefficient (Wildman–Crippen LogP) is 0.788. The highest BCUT2D eigenvalue weighted by molar-refractivity contribution is 7.89. The first kappa shape index (κ1) is 13.3. The van der Waals surface area contributed by atoms with Crippen LogP contribution < -0.4 is 11.3 Å². The maximum Gasteiger partial charge on any atom is 0.243 e. The summed E-state index contributed by atoms with van der Waals surface area (Å²) in [5, 5.41) is 0. The van der Waals surface area contributed by atoms with Crippen LogP contribution in [0.15, 0.2) is 23.2 Å². The maximum atomic E-state index is 12.4. The minimum Gasteiger partial charge on any atom is -0.308 e. The average Bonchev–Trinajstić information content (AvgIpc) is 2.88. The van der Waals surface area contributed by atoms with E-state index in [9.17, 15) is 8.42 Å². The Labute approximate surface area is 107 Å². The number of nitrogen functional groups attached to an aromatic ring is 1. The van der Waals surface area contributed by atoms with Crippen LogP contribution in [0.5, 0.6) is 0 Å². The van der Waals surface area contributed by atoms with E-state index in [1.165, 1.54) is 22.6 Å². The van der Waals surface area contributed by atoms with Crippen LogP contribution in [-0.4, -0.2) is 30.8 Å². The molecule has 3 N–H and O–H groups in total. The standard InChI is InChI=1S/C11H18N4O2S/c1-2-9-4-6-15(8-9)18(16,17)10-3-5-13-11(7-10)14-12/h3,5,7,9H,2,4,6,8,12H2,1H3,(H,13,14). The molecule has 0 saturated carbocycles. The SMILES string of the molecule is CCC1CCN(S(=O)(=O)c2ccnc(NN)c2)C1. The molecule has 1 aliphatic rings. The second-order valence-corrected chi connectivity index (χ2v) is 6.39. The Kier molecular flexibility index (Phi) is 3.84. The molecule has 18 heavy (non-hydrogen) atoms. The van der Waals surface area contributed by atoms with Crippen LogP contribution in [0, 0.1) is 5.92 Å². The fourth-order valence-electron chi connectivity index (χ4n) is 2.15. The summed E-state index contributed by atoms with van der Waals surface area (Å²) in [6, 6.07) is 2.95. The highest BCUT2D eigenvalue weighted by Crippen LogP contribution is 2.26. The maximum absolute atomic E-state index is 12.4. The van der Waals surface area contributed by atoms with Crippen molar-refractivity contribution in [1.82, 2.24) is 9.29 Å². The van der Waals surface area contributed by atoms with Gasteiger partial charge in [-0.05, 0) is 18.4 Å². The number of hydrogen-bond acceptors (Lipinski definition) is 5. The number of anilines is 1. The molecule has 0 spiro atoms. The van der Waals surface area contributed by atoms with Crippen molar-refractivity contribution < 1.29 is 8.42 Å². The Hall–Kier alpha value is -1.18. The number of hydrogen-bond donors (Lipinski definition) is 2. The molecule has 0 radical (unpaired) electrons. The third kappa shape index (κ3) is 2.47. The number of nitrogens with two attached hydrogens (primary N) is 1. The van der Waals surface area contributed by atoms with Gasteiger partial charge in [-0.25, -0.2) is 19.2 Å². The van der Waals surface area contributed by atoms with E-state index in [2.05, 4.69) is 17.3 Å². The fourth-order valence-corrected chi connectivity index (χ4v) is 3.69. The van der Waals surface area contributed by atoms with Gasteiger partial charge >= 0.3 is 0 Å². The average molecular weight is 270 g/mol. The number of rotatable bonds is 4. The molecular formula is C11H18N4O2S. The van der Waals surface area contributed by atoms with E-state index in [0.29, 0.717) is 24.8 Å². The van der Waals surface area contributed by atoms with Crippen molar-refractivity contribution in [3.63, 3.8) is 0 Å². The molecule has 6 nitrogen and oxygen atoms in total. The van der Waals surface area contributed by atoms with Crippen LogP contribution in [0.1, 0.15) is 19.8 Å². The zero-order valence-electron chi connectivity index (χ0n) is 10.3. The molecule has 1 aromatic heterocycles.